The number of aryl methyl sites for hydroxylation is 2. The highest BCUT2D eigenvalue weighted by Crippen LogP contribution is 2.24. The molecule has 1 aliphatic rings. The first-order valence-corrected chi connectivity index (χ1v) is 9.98. The lowest BCUT2D eigenvalue weighted by Gasteiger charge is -2.22. The molecule has 0 saturated heterocycles. The van der Waals surface area contributed by atoms with Crippen molar-refractivity contribution in [3.05, 3.63) is 17.0 Å². The number of nitrogens with zero attached hydrogens (tertiary/aromatic N) is 4. The van der Waals surface area contributed by atoms with Crippen molar-refractivity contribution in [2.75, 3.05) is 6.54 Å². The Bertz CT molecular complexity index is 766. The zero-order valence-electron chi connectivity index (χ0n) is 15.5. The molecule has 2 aromatic heterocycles. The first-order chi connectivity index (χ1) is 12.0. The summed E-state index contributed by atoms with van der Waals surface area (Å²) in [6.45, 7) is 8.73. The number of amides is 1. The molecule has 25 heavy (non-hydrogen) atoms. The van der Waals surface area contributed by atoms with Crippen LogP contribution in [0, 0.1) is 26.7 Å². The normalized spacial score (nSPS) is 17.0. The third-order valence-electron chi connectivity index (χ3n) is 5.18. The van der Waals surface area contributed by atoms with Gasteiger partial charge in [0.15, 0.2) is 0 Å². The van der Waals surface area contributed by atoms with Crippen molar-refractivity contribution in [3.63, 3.8) is 0 Å². The maximum Gasteiger partial charge on any atom is 0.253 e. The van der Waals surface area contributed by atoms with Gasteiger partial charge < -0.3 is 5.32 Å². The quantitative estimate of drug-likeness (QED) is 0.828. The number of aromatic nitrogens is 4. The molecule has 0 spiro atoms. The van der Waals surface area contributed by atoms with Crippen LogP contribution in [-0.4, -0.2) is 37.3 Å². The molecule has 1 fully saturated rings. The van der Waals surface area contributed by atoms with Crippen molar-refractivity contribution >= 4 is 23.4 Å². The van der Waals surface area contributed by atoms with E-state index < -0.39 is 0 Å². The van der Waals surface area contributed by atoms with E-state index in [2.05, 4.69) is 20.4 Å². The van der Waals surface area contributed by atoms with E-state index in [1.165, 1.54) is 43.9 Å². The molecule has 1 saturated carbocycles. The van der Waals surface area contributed by atoms with E-state index in [0.717, 1.165) is 23.5 Å². The Morgan fingerprint density at radius 1 is 1.24 bits per heavy atom. The predicted molar refractivity (Wildman–Crippen MR) is 99.9 cm³/mol. The summed E-state index contributed by atoms with van der Waals surface area (Å²) in [5.41, 5.74) is 3.12. The Kier molecular flexibility index (Phi) is 5.61. The maximum atomic E-state index is 12.4. The standard InChI is InChI=1S/C18H27N5OS/c1-11-12(2)20-17-21-18(22-23(17)13(11)3)25-14(4)16(24)19-10-15-8-6-5-7-9-15/h14-15H,5-10H2,1-4H3,(H,19,24)/t14-/m1/s1. The van der Waals surface area contributed by atoms with Crippen LogP contribution >= 0.6 is 11.8 Å². The molecule has 0 radical (unpaired) electrons. The molecule has 0 unspecified atom stereocenters. The largest absolute Gasteiger partial charge is 0.355 e. The van der Waals surface area contributed by atoms with E-state index in [0.29, 0.717) is 16.9 Å². The number of hydrogen-bond acceptors (Lipinski definition) is 5. The Morgan fingerprint density at radius 3 is 2.68 bits per heavy atom. The second kappa shape index (κ2) is 7.72. The summed E-state index contributed by atoms with van der Waals surface area (Å²) in [5.74, 6) is 1.30. The molecule has 2 aromatic rings. The van der Waals surface area contributed by atoms with E-state index in [1.807, 2.05) is 27.7 Å². The Morgan fingerprint density at radius 2 is 1.96 bits per heavy atom. The van der Waals surface area contributed by atoms with E-state index >= 15 is 0 Å². The summed E-state index contributed by atoms with van der Waals surface area (Å²) in [4.78, 5) is 21.3. The van der Waals surface area contributed by atoms with Crippen LogP contribution < -0.4 is 5.32 Å². The van der Waals surface area contributed by atoms with E-state index in [4.69, 9.17) is 0 Å². The number of fused-ring (bicyclic) bond motifs is 1. The van der Waals surface area contributed by atoms with Gasteiger partial charge in [-0.1, -0.05) is 31.0 Å². The van der Waals surface area contributed by atoms with Crippen LogP contribution in [0.25, 0.3) is 5.78 Å². The van der Waals surface area contributed by atoms with Crippen molar-refractivity contribution in [2.45, 2.75) is 70.2 Å². The van der Waals surface area contributed by atoms with Crippen LogP contribution in [0.15, 0.2) is 5.16 Å². The lowest BCUT2D eigenvalue weighted by molar-refractivity contribution is -0.120. The van der Waals surface area contributed by atoms with Crippen molar-refractivity contribution in [1.82, 2.24) is 24.9 Å². The summed E-state index contributed by atoms with van der Waals surface area (Å²) in [6, 6.07) is 0. The zero-order valence-corrected chi connectivity index (χ0v) is 16.3. The number of thioether (sulfide) groups is 1. The van der Waals surface area contributed by atoms with Gasteiger partial charge in [-0.05, 0) is 52.0 Å². The molecule has 136 valence electrons. The number of rotatable bonds is 5. The second-order valence-corrected chi connectivity index (χ2v) is 8.33. The molecule has 1 amide bonds. The number of carbonyl (C=O) groups is 1. The van der Waals surface area contributed by atoms with E-state index in [-0.39, 0.29) is 11.2 Å². The molecule has 1 N–H and O–H groups in total. The lowest BCUT2D eigenvalue weighted by atomic mass is 9.89. The van der Waals surface area contributed by atoms with Gasteiger partial charge in [0.2, 0.25) is 11.1 Å². The topological polar surface area (TPSA) is 72.2 Å². The zero-order chi connectivity index (χ0) is 18.0. The lowest BCUT2D eigenvalue weighted by Crippen LogP contribution is -2.35. The number of hydrogen-bond donors (Lipinski definition) is 1. The molecule has 0 aliphatic heterocycles. The highest BCUT2D eigenvalue weighted by Gasteiger charge is 2.20. The fourth-order valence-electron chi connectivity index (χ4n) is 3.28. The Balaban J connectivity index is 1.62. The van der Waals surface area contributed by atoms with Crippen LogP contribution in [0.5, 0.6) is 0 Å². The van der Waals surface area contributed by atoms with Gasteiger partial charge in [-0.3, -0.25) is 4.79 Å². The molecule has 6 nitrogen and oxygen atoms in total. The van der Waals surface area contributed by atoms with Gasteiger partial charge in [0.1, 0.15) is 0 Å². The van der Waals surface area contributed by atoms with Gasteiger partial charge in [-0.2, -0.15) is 4.98 Å². The van der Waals surface area contributed by atoms with Gasteiger partial charge in [-0.25, -0.2) is 9.50 Å². The van der Waals surface area contributed by atoms with Gasteiger partial charge in [-0.15, -0.1) is 5.10 Å². The minimum Gasteiger partial charge on any atom is -0.355 e. The number of nitrogens with one attached hydrogen (secondary N) is 1. The first kappa shape index (κ1) is 18.2. The first-order valence-electron chi connectivity index (χ1n) is 9.10. The van der Waals surface area contributed by atoms with Crippen LogP contribution in [0.3, 0.4) is 0 Å². The third-order valence-corrected chi connectivity index (χ3v) is 6.13. The van der Waals surface area contributed by atoms with E-state index in [1.54, 1.807) is 4.52 Å². The molecule has 1 atom stereocenters. The Hall–Kier alpha value is -1.63. The molecule has 0 bridgehead atoms. The van der Waals surface area contributed by atoms with Gasteiger partial charge in [0.25, 0.3) is 5.78 Å². The van der Waals surface area contributed by atoms with Crippen molar-refractivity contribution in [1.29, 1.82) is 0 Å². The fraction of sp³-hybridized carbons (Fsp3) is 0.667. The Labute approximate surface area is 153 Å². The molecule has 1 aliphatic carbocycles. The average molecular weight is 362 g/mol. The molecule has 3 rings (SSSR count). The van der Waals surface area contributed by atoms with Crippen LogP contribution in [0.1, 0.15) is 56.0 Å². The van der Waals surface area contributed by atoms with Crippen molar-refractivity contribution in [3.8, 4) is 0 Å². The van der Waals surface area contributed by atoms with E-state index in [9.17, 15) is 4.79 Å². The summed E-state index contributed by atoms with van der Waals surface area (Å²) in [6.07, 6.45) is 6.39. The molecule has 0 aromatic carbocycles. The van der Waals surface area contributed by atoms with Gasteiger partial charge >= 0.3 is 0 Å². The summed E-state index contributed by atoms with van der Waals surface area (Å²) in [7, 11) is 0. The third kappa shape index (κ3) is 4.14. The summed E-state index contributed by atoms with van der Waals surface area (Å²) in [5, 5.41) is 7.99. The highest BCUT2D eigenvalue weighted by atomic mass is 32.2. The van der Waals surface area contributed by atoms with Crippen LogP contribution in [0.2, 0.25) is 0 Å². The highest BCUT2D eigenvalue weighted by molar-refractivity contribution is 8.00. The van der Waals surface area contributed by atoms with Crippen molar-refractivity contribution < 1.29 is 4.79 Å². The fourth-order valence-corrected chi connectivity index (χ4v) is 4.05. The number of carbonyl (C=O) groups excluding carboxylic acids is 1. The molecule has 2 heterocycles. The summed E-state index contributed by atoms with van der Waals surface area (Å²) >= 11 is 1.39. The minimum atomic E-state index is -0.219. The monoisotopic (exact) mass is 361 g/mol. The smallest absolute Gasteiger partial charge is 0.253 e. The van der Waals surface area contributed by atoms with Crippen molar-refractivity contribution in [2.24, 2.45) is 5.92 Å². The van der Waals surface area contributed by atoms with Crippen LogP contribution in [-0.2, 0) is 4.79 Å². The van der Waals surface area contributed by atoms with Gasteiger partial charge in [0.05, 0.1) is 5.25 Å². The maximum absolute atomic E-state index is 12.4. The SMILES string of the molecule is Cc1nc2nc(S[C@H](C)C(=O)NCC3CCCCC3)nn2c(C)c1C. The molecular weight excluding hydrogens is 334 g/mol. The average Bonchev–Trinajstić information content (AvgIpc) is 3.01. The molecular formula is C18H27N5OS. The predicted octanol–water partition coefficient (Wildman–Crippen LogP) is 3.23. The summed E-state index contributed by atoms with van der Waals surface area (Å²) < 4.78 is 1.76. The molecule has 7 heteroatoms. The van der Waals surface area contributed by atoms with Gasteiger partial charge in [0, 0.05) is 17.9 Å². The van der Waals surface area contributed by atoms with Crippen LogP contribution in [0.4, 0.5) is 0 Å². The second-order valence-electron chi connectivity index (χ2n) is 7.02. The minimum absolute atomic E-state index is 0.0615.